The lowest BCUT2D eigenvalue weighted by Gasteiger charge is -2.57. The highest BCUT2D eigenvalue weighted by Gasteiger charge is 2.64. The molecule has 4 saturated carbocycles. The van der Waals surface area contributed by atoms with Gasteiger partial charge in [-0.2, -0.15) is 0 Å². The number of hydrogen-bond acceptors (Lipinski definition) is 1. The van der Waals surface area contributed by atoms with Crippen LogP contribution in [0.5, 0.6) is 0 Å². The van der Waals surface area contributed by atoms with Gasteiger partial charge in [0.1, 0.15) is 0 Å². The Morgan fingerprint density at radius 1 is 1.18 bits per heavy atom. The summed E-state index contributed by atoms with van der Waals surface area (Å²) in [7, 11) is 0. The smallest absolute Gasteiger partial charge is 0.0549 e. The Balaban J connectivity index is 1.97. The largest absolute Gasteiger partial charge is 0.297 e. The van der Waals surface area contributed by atoms with Gasteiger partial charge in [0.15, 0.2) is 0 Å². The Kier molecular flexibility index (Phi) is 2.32. The second-order valence-electron chi connectivity index (χ2n) is 8.01. The van der Waals surface area contributed by atoms with E-state index in [2.05, 4.69) is 39.4 Å². The SMILES string of the molecule is C=N[C@@H]1C[C@@H]2[C@@H]3C[C@@]1(C)C[C@@]2(C)C[C@H]3C(C)C. The highest BCUT2D eigenvalue weighted by Crippen LogP contribution is 2.70. The minimum absolute atomic E-state index is 0.458. The monoisotopic (exact) mass is 233 g/mol. The van der Waals surface area contributed by atoms with E-state index in [9.17, 15) is 0 Å². The fourth-order valence-corrected chi connectivity index (χ4v) is 5.95. The number of aliphatic imine (C=N–C) groups is 1. The van der Waals surface area contributed by atoms with E-state index < -0.39 is 0 Å². The summed E-state index contributed by atoms with van der Waals surface area (Å²) in [4.78, 5) is 4.45. The molecule has 0 heterocycles. The first-order chi connectivity index (χ1) is 7.89. The van der Waals surface area contributed by atoms with Crippen LogP contribution in [0, 0.1) is 34.5 Å². The molecule has 0 spiro atoms. The molecule has 96 valence electrons. The molecule has 1 nitrogen and oxygen atoms in total. The first-order valence-electron chi connectivity index (χ1n) is 7.35. The van der Waals surface area contributed by atoms with Crippen LogP contribution in [-0.4, -0.2) is 12.8 Å². The van der Waals surface area contributed by atoms with Crippen LogP contribution in [-0.2, 0) is 0 Å². The normalized spacial score (nSPS) is 56.5. The molecule has 0 amide bonds. The standard InChI is InChI=1S/C16H27N/c1-10(2)11-7-15(3)9-16(4)8-12(11)13(15)6-14(16)17-5/h10-14H,5-9H2,1-4H3/t11-,12+,13+,14+,15+,16-/m0/s1. The van der Waals surface area contributed by atoms with E-state index in [-0.39, 0.29) is 0 Å². The van der Waals surface area contributed by atoms with Crippen LogP contribution in [0.3, 0.4) is 0 Å². The van der Waals surface area contributed by atoms with Crippen molar-refractivity contribution in [2.75, 3.05) is 0 Å². The fraction of sp³-hybridized carbons (Fsp3) is 0.938. The van der Waals surface area contributed by atoms with Crippen molar-refractivity contribution in [3.05, 3.63) is 0 Å². The molecule has 0 N–H and O–H groups in total. The lowest BCUT2D eigenvalue weighted by Crippen LogP contribution is -2.52. The molecule has 1 heteroatoms. The van der Waals surface area contributed by atoms with E-state index in [1.165, 1.54) is 25.7 Å². The molecule has 4 aliphatic carbocycles. The van der Waals surface area contributed by atoms with E-state index in [1.807, 2.05) is 0 Å². The summed E-state index contributed by atoms with van der Waals surface area (Å²) < 4.78 is 0. The third-order valence-corrected chi connectivity index (χ3v) is 6.53. The van der Waals surface area contributed by atoms with Crippen LogP contribution in [0.2, 0.25) is 0 Å². The molecule has 0 saturated heterocycles. The van der Waals surface area contributed by atoms with Crippen molar-refractivity contribution in [3.63, 3.8) is 0 Å². The van der Waals surface area contributed by atoms with Crippen LogP contribution in [0.15, 0.2) is 4.99 Å². The molecule has 4 bridgehead atoms. The van der Waals surface area contributed by atoms with Gasteiger partial charge in [0.05, 0.1) is 6.04 Å². The van der Waals surface area contributed by atoms with Crippen molar-refractivity contribution in [3.8, 4) is 0 Å². The van der Waals surface area contributed by atoms with E-state index >= 15 is 0 Å². The van der Waals surface area contributed by atoms with E-state index in [1.54, 1.807) is 0 Å². The summed E-state index contributed by atoms with van der Waals surface area (Å²) in [6, 6.07) is 0.544. The van der Waals surface area contributed by atoms with Crippen LogP contribution < -0.4 is 0 Å². The Morgan fingerprint density at radius 3 is 2.41 bits per heavy atom. The van der Waals surface area contributed by atoms with Gasteiger partial charge >= 0.3 is 0 Å². The first-order valence-corrected chi connectivity index (χ1v) is 7.35. The van der Waals surface area contributed by atoms with Gasteiger partial charge in [0, 0.05) is 0 Å². The minimum Gasteiger partial charge on any atom is -0.297 e. The Labute approximate surface area is 106 Å². The van der Waals surface area contributed by atoms with Crippen LogP contribution in [0.25, 0.3) is 0 Å². The van der Waals surface area contributed by atoms with Crippen molar-refractivity contribution in [2.24, 2.45) is 39.5 Å². The van der Waals surface area contributed by atoms with E-state index in [0.717, 1.165) is 23.7 Å². The average molecular weight is 233 g/mol. The predicted octanol–water partition coefficient (Wildman–Crippen LogP) is 4.17. The molecule has 17 heavy (non-hydrogen) atoms. The molecule has 0 unspecified atom stereocenters. The van der Waals surface area contributed by atoms with Crippen molar-refractivity contribution < 1.29 is 0 Å². The fourth-order valence-electron chi connectivity index (χ4n) is 5.95. The Morgan fingerprint density at radius 2 is 1.88 bits per heavy atom. The second-order valence-corrected chi connectivity index (χ2v) is 8.01. The lowest BCUT2D eigenvalue weighted by atomic mass is 9.49. The highest BCUT2D eigenvalue weighted by molar-refractivity contribution is 5.27. The predicted molar refractivity (Wildman–Crippen MR) is 73.3 cm³/mol. The average Bonchev–Trinajstić information content (AvgIpc) is 2.43. The maximum absolute atomic E-state index is 4.45. The van der Waals surface area contributed by atoms with E-state index in [0.29, 0.717) is 16.9 Å². The quantitative estimate of drug-likeness (QED) is 0.635. The molecular formula is C16H27N. The van der Waals surface area contributed by atoms with Gasteiger partial charge in [-0.1, -0.05) is 27.7 Å². The zero-order chi connectivity index (χ0) is 12.4. The number of nitrogens with zero attached hydrogens (tertiary/aromatic N) is 1. The van der Waals surface area contributed by atoms with Gasteiger partial charge in [-0.05, 0) is 66.9 Å². The minimum atomic E-state index is 0.458. The maximum atomic E-state index is 4.45. The van der Waals surface area contributed by atoms with Crippen LogP contribution in [0.1, 0.15) is 53.4 Å². The molecule has 6 atom stereocenters. The summed E-state index contributed by atoms with van der Waals surface area (Å²) in [5.74, 6) is 3.75. The first kappa shape index (κ1) is 11.7. The van der Waals surface area contributed by atoms with Gasteiger partial charge in [-0.15, -0.1) is 0 Å². The Hall–Kier alpha value is -0.330. The zero-order valence-corrected chi connectivity index (χ0v) is 11.9. The lowest BCUT2D eigenvalue weighted by molar-refractivity contribution is -0.0591. The highest BCUT2D eigenvalue weighted by atomic mass is 14.8. The van der Waals surface area contributed by atoms with Gasteiger partial charge in [-0.25, -0.2) is 0 Å². The summed E-state index contributed by atoms with van der Waals surface area (Å²) in [6.45, 7) is 13.7. The molecule has 4 fully saturated rings. The third-order valence-electron chi connectivity index (χ3n) is 6.53. The summed E-state index contributed by atoms with van der Waals surface area (Å²) in [6.07, 6.45) is 5.61. The van der Waals surface area contributed by atoms with Crippen molar-refractivity contribution in [1.82, 2.24) is 0 Å². The molecule has 0 aromatic rings. The molecular weight excluding hydrogens is 206 g/mol. The Bertz CT molecular complexity index is 347. The van der Waals surface area contributed by atoms with Gasteiger partial charge in [0.25, 0.3) is 0 Å². The van der Waals surface area contributed by atoms with Crippen molar-refractivity contribution >= 4 is 6.72 Å². The topological polar surface area (TPSA) is 12.4 Å². The summed E-state index contributed by atoms with van der Waals surface area (Å²) in [5.41, 5.74) is 1.08. The summed E-state index contributed by atoms with van der Waals surface area (Å²) >= 11 is 0. The van der Waals surface area contributed by atoms with Crippen molar-refractivity contribution in [1.29, 1.82) is 0 Å². The van der Waals surface area contributed by atoms with E-state index in [4.69, 9.17) is 0 Å². The second kappa shape index (κ2) is 3.36. The molecule has 0 aromatic heterocycles. The van der Waals surface area contributed by atoms with Gasteiger partial charge in [0.2, 0.25) is 0 Å². The van der Waals surface area contributed by atoms with Gasteiger partial charge in [-0.3, -0.25) is 4.99 Å². The molecule has 0 aromatic carbocycles. The molecule has 4 aliphatic rings. The number of rotatable bonds is 2. The zero-order valence-electron chi connectivity index (χ0n) is 11.9. The third kappa shape index (κ3) is 1.40. The molecule has 0 aliphatic heterocycles. The number of fused-ring (bicyclic) bond motifs is 1. The van der Waals surface area contributed by atoms with Gasteiger partial charge < -0.3 is 0 Å². The van der Waals surface area contributed by atoms with Crippen molar-refractivity contribution in [2.45, 2.75) is 59.4 Å². The maximum Gasteiger partial charge on any atom is 0.0549 e. The van der Waals surface area contributed by atoms with Crippen LogP contribution >= 0.6 is 0 Å². The number of hydrogen-bond donors (Lipinski definition) is 0. The summed E-state index contributed by atoms with van der Waals surface area (Å²) in [5, 5.41) is 0. The van der Waals surface area contributed by atoms with Crippen LogP contribution in [0.4, 0.5) is 0 Å². The molecule has 0 radical (unpaired) electrons. The molecule has 4 rings (SSSR count).